The van der Waals surface area contributed by atoms with E-state index in [1.54, 1.807) is 0 Å². The summed E-state index contributed by atoms with van der Waals surface area (Å²) < 4.78 is 6.83. The number of rotatable bonds is 2. The first-order valence-electron chi connectivity index (χ1n) is 5.39. The molecule has 2 N–H and O–H groups in total. The summed E-state index contributed by atoms with van der Waals surface area (Å²) in [4.78, 5) is 0. The van der Waals surface area contributed by atoms with E-state index in [2.05, 4.69) is 28.1 Å². The Labute approximate surface area is 97.9 Å². The second kappa shape index (κ2) is 3.22. The van der Waals surface area contributed by atoms with E-state index in [1.807, 2.05) is 0 Å². The fourth-order valence-electron chi connectivity index (χ4n) is 2.19. The van der Waals surface area contributed by atoms with Crippen LogP contribution in [0.4, 0.5) is 0 Å². The van der Waals surface area contributed by atoms with Crippen LogP contribution in [-0.2, 0) is 12.8 Å². The summed E-state index contributed by atoms with van der Waals surface area (Å²) in [6, 6.07) is 4.30. The molecular formula is C12H14BrNO. The SMILES string of the molecule is NC1(Cc2cc(Br)cc3c2OCC3)CC1. The van der Waals surface area contributed by atoms with Crippen LogP contribution in [0.5, 0.6) is 5.75 Å². The fraction of sp³-hybridized carbons (Fsp3) is 0.500. The molecular weight excluding hydrogens is 254 g/mol. The predicted octanol–water partition coefficient (Wildman–Crippen LogP) is 2.42. The molecule has 3 heteroatoms. The molecule has 0 radical (unpaired) electrons. The van der Waals surface area contributed by atoms with Crippen LogP contribution in [0.15, 0.2) is 16.6 Å². The third-order valence-corrected chi connectivity index (χ3v) is 3.72. The van der Waals surface area contributed by atoms with Gasteiger partial charge in [-0.05, 0) is 42.5 Å². The molecule has 1 fully saturated rings. The van der Waals surface area contributed by atoms with Gasteiger partial charge in [-0.25, -0.2) is 0 Å². The number of hydrogen-bond acceptors (Lipinski definition) is 2. The summed E-state index contributed by atoms with van der Waals surface area (Å²) in [5.74, 6) is 1.09. The van der Waals surface area contributed by atoms with E-state index >= 15 is 0 Å². The van der Waals surface area contributed by atoms with Crippen molar-refractivity contribution in [3.8, 4) is 5.75 Å². The Bertz CT molecular complexity index is 412. The summed E-state index contributed by atoms with van der Waals surface area (Å²) in [5, 5.41) is 0. The monoisotopic (exact) mass is 267 g/mol. The Morgan fingerprint density at radius 1 is 1.40 bits per heavy atom. The Balaban J connectivity index is 1.99. The van der Waals surface area contributed by atoms with Gasteiger partial charge in [0.15, 0.2) is 0 Å². The zero-order valence-corrected chi connectivity index (χ0v) is 10.1. The highest BCUT2D eigenvalue weighted by molar-refractivity contribution is 9.10. The molecule has 0 aromatic heterocycles. The summed E-state index contributed by atoms with van der Waals surface area (Å²) in [6.07, 6.45) is 4.27. The minimum Gasteiger partial charge on any atom is -0.493 e. The van der Waals surface area contributed by atoms with Crippen LogP contribution in [0.25, 0.3) is 0 Å². The van der Waals surface area contributed by atoms with Crippen molar-refractivity contribution in [2.24, 2.45) is 5.73 Å². The van der Waals surface area contributed by atoms with Crippen molar-refractivity contribution in [2.75, 3.05) is 6.61 Å². The summed E-state index contributed by atoms with van der Waals surface area (Å²) in [7, 11) is 0. The first-order valence-corrected chi connectivity index (χ1v) is 6.19. The van der Waals surface area contributed by atoms with E-state index in [9.17, 15) is 0 Å². The van der Waals surface area contributed by atoms with Gasteiger partial charge in [-0.1, -0.05) is 15.9 Å². The van der Waals surface area contributed by atoms with Crippen molar-refractivity contribution in [3.05, 3.63) is 27.7 Å². The minimum atomic E-state index is 0.0561. The Kier molecular flexibility index (Phi) is 2.08. The smallest absolute Gasteiger partial charge is 0.125 e. The number of nitrogens with two attached hydrogens (primary N) is 1. The van der Waals surface area contributed by atoms with Crippen LogP contribution in [0.2, 0.25) is 0 Å². The average molecular weight is 268 g/mol. The summed E-state index contributed by atoms with van der Waals surface area (Å²) in [6.45, 7) is 0.816. The van der Waals surface area contributed by atoms with Gasteiger partial charge in [0.25, 0.3) is 0 Å². The lowest BCUT2D eigenvalue weighted by Gasteiger charge is -2.13. The van der Waals surface area contributed by atoms with Crippen molar-refractivity contribution >= 4 is 15.9 Å². The quantitative estimate of drug-likeness (QED) is 0.894. The van der Waals surface area contributed by atoms with Gasteiger partial charge in [0.05, 0.1) is 6.61 Å². The van der Waals surface area contributed by atoms with Gasteiger partial charge in [-0.2, -0.15) is 0 Å². The molecule has 80 valence electrons. The lowest BCUT2D eigenvalue weighted by atomic mass is 10.0. The predicted molar refractivity (Wildman–Crippen MR) is 63.2 cm³/mol. The lowest BCUT2D eigenvalue weighted by molar-refractivity contribution is 0.352. The highest BCUT2D eigenvalue weighted by Crippen LogP contribution is 2.41. The highest BCUT2D eigenvalue weighted by atomic mass is 79.9. The van der Waals surface area contributed by atoms with Gasteiger partial charge in [-0.3, -0.25) is 0 Å². The Morgan fingerprint density at radius 3 is 2.93 bits per heavy atom. The van der Waals surface area contributed by atoms with Crippen LogP contribution in [0.3, 0.4) is 0 Å². The number of halogens is 1. The second-order valence-corrected chi connectivity index (χ2v) is 5.61. The molecule has 0 saturated heterocycles. The van der Waals surface area contributed by atoms with Gasteiger partial charge in [-0.15, -0.1) is 0 Å². The van der Waals surface area contributed by atoms with Gasteiger partial charge >= 0.3 is 0 Å². The fourth-order valence-corrected chi connectivity index (χ4v) is 2.75. The van der Waals surface area contributed by atoms with Crippen LogP contribution in [0.1, 0.15) is 24.0 Å². The van der Waals surface area contributed by atoms with E-state index in [4.69, 9.17) is 10.5 Å². The Hall–Kier alpha value is -0.540. The first kappa shape index (κ1) is 9.67. The van der Waals surface area contributed by atoms with Crippen molar-refractivity contribution in [2.45, 2.75) is 31.2 Å². The molecule has 1 aliphatic carbocycles. The lowest BCUT2D eigenvalue weighted by Crippen LogP contribution is -2.24. The molecule has 0 amide bonds. The van der Waals surface area contributed by atoms with Crippen molar-refractivity contribution in [3.63, 3.8) is 0 Å². The van der Waals surface area contributed by atoms with E-state index in [-0.39, 0.29) is 5.54 Å². The molecule has 0 bridgehead atoms. The molecule has 1 aromatic carbocycles. The molecule has 3 rings (SSSR count). The zero-order valence-electron chi connectivity index (χ0n) is 8.55. The normalized spacial score (nSPS) is 20.9. The maximum absolute atomic E-state index is 6.15. The third-order valence-electron chi connectivity index (χ3n) is 3.26. The maximum atomic E-state index is 6.15. The molecule has 2 aliphatic rings. The molecule has 1 heterocycles. The van der Waals surface area contributed by atoms with Gasteiger partial charge < -0.3 is 10.5 Å². The van der Waals surface area contributed by atoms with E-state index < -0.39 is 0 Å². The second-order valence-electron chi connectivity index (χ2n) is 4.69. The average Bonchev–Trinajstić information content (AvgIpc) is 2.73. The van der Waals surface area contributed by atoms with E-state index in [1.165, 1.54) is 11.1 Å². The van der Waals surface area contributed by atoms with E-state index in [0.29, 0.717) is 0 Å². The number of fused-ring (bicyclic) bond motifs is 1. The van der Waals surface area contributed by atoms with Crippen LogP contribution < -0.4 is 10.5 Å². The molecule has 2 nitrogen and oxygen atoms in total. The number of hydrogen-bond donors (Lipinski definition) is 1. The largest absolute Gasteiger partial charge is 0.493 e. The molecule has 15 heavy (non-hydrogen) atoms. The summed E-state index contributed by atoms with van der Waals surface area (Å²) in [5.41, 5.74) is 8.81. The molecule has 0 atom stereocenters. The molecule has 1 aromatic rings. The molecule has 0 unspecified atom stereocenters. The minimum absolute atomic E-state index is 0.0561. The van der Waals surface area contributed by atoms with Crippen LogP contribution >= 0.6 is 15.9 Å². The molecule has 1 saturated carbocycles. The van der Waals surface area contributed by atoms with Crippen LogP contribution in [-0.4, -0.2) is 12.1 Å². The zero-order chi connectivity index (χ0) is 10.5. The summed E-state index contributed by atoms with van der Waals surface area (Å²) >= 11 is 3.55. The third kappa shape index (κ3) is 1.79. The topological polar surface area (TPSA) is 35.2 Å². The maximum Gasteiger partial charge on any atom is 0.125 e. The van der Waals surface area contributed by atoms with Gasteiger partial charge in [0.1, 0.15) is 5.75 Å². The van der Waals surface area contributed by atoms with Crippen molar-refractivity contribution in [1.29, 1.82) is 0 Å². The number of ether oxygens (including phenoxy) is 1. The van der Waals surface area contributed by atoms with Crippen molar-refractivity contribution in [1.82, 2.24) is 0 Å². The highest BCUT2D eigenvalue weighted by Gasteiger charge is 2.39. The van der Waals surface area contributed by atoms with Crippen molar-refractivity contribution < 1.29 is 4.74 Å². The van der Waals surface area contributed by atoms with E-state index in [0.717, 1.165) is 42.5 Å². The van der Waals surface area contributed by atoms with Gasteiger partial charge in [0.2, 0.25) is 0 Å². The Morgan fingerprint density at radius 2 is 2.20 bits per heavy atom. The first-order chi connectivity index (χ1) is 7.16. The standard InChI is InChI=1S/C12H14BrNO/c13-10-5-8-1-4-15-11(8)9(6-10)7-12(14)2-3-12/h5-6H,1-4,7,14H2. The molecule has 1 aliphatic heterocycles. The number of benzene rings is 1. The van der Waals surface area contributed by atoms with Crippen LogP contribution in [0, 0.1) is 0 Å². The molecule has 0 spiro atoms. The van der Waals surface area contributed by atoms with Gasteiger partial charge in [0, 0.05) is 16.4 Å².